The number of likely N-dealkylation sites (tertiary alicyclic amines) is 1. The predicted molar refractivity (Wildman–Crippen MR) is 120 cm³/mol. The molecule has 0 spiro atoms. The van der Waals surface area contributed by atoms with Gasteiger partial charge in [-0.1, -0.05) is 42.5 Å². The molecule has 1 aliphatic heterocycles. The number of aromatic nitrogens is 4. The van der Waals surface area contributed by atoms with Crippen molar-refractivity contribution in [2.75, 3.05) is 6.54 Å². The Labute approximate surface area is 179 Å². The van der Waals surface area contributed by atoms with Crippen molar-refractivity contribution in [1.82, 2.24) is 24.2 Å². The molecule has 29 heavy (non-hydrogen) atoms. The van der Waals surface area contributed by atoms with Crippen LogP contribution in [0, 0.1) is 11.7 Å². The fraction of sp³-hybridized carbons (Fsp3) is 0.318. The topological polar surface area (TPSA) is 38.9 Å². The van der Waals surface area contributed by atoms with Crippen LogP contribution in [0.4, 0.5) is 0 Å². The molecule has 1 aliphatic rings. The Bertz CT molecular complexity index is 1160. The number of benzene rings is 2. The highest BCUT2D eigenvalue weighted by molar-refractivity contribution is 7.71. The van der Waals surface area contributed by atoms with E-state index < -0.39 is 0 Å². The lowest BCUT2D eigenvalue weighted by molar-refractivity contribution is 0.189. The number of nitrogens with zero attached hydrogens (tertiary/aromatic N) is 5. The number of para-hydroxylation sites is 1. The molecule has 0 bridgehead atoms. The first-order chi connectivity index (χ1) is 14.2. The van der Waals surface area contributed by atoms with Gasteiger partial charge in [0.1, 0.15) is 10.8 Å². The van der Waals surface area contributed by atoms with Crippen molar-refractivity contribution in [2.24, 2.45) is 0 Å². The van der Waals surface area contributed by atoms with Crippen LogP contribution in [-0.4, -0.2) is 30.8 Å². The van der Waals surface area contributed by atoms with Gasteiger partial charge in [-0.15, -0.1) is 11.3 Å². The summed E-state index contributed by atoms with van der Waals surface area (Å²) in [6.45, 7) is 4.55. The van der Waals surface area contributed by atoms with Gasteiger partial charge in [0.2, 0.25) is 0 Å². The quantitative estimate of drug-likeness (QED) is 0.417. The molecule has 1 fully saturated rings. The van der Waals surface area contributed by atoms with Crippen molar-refractivity contribution in [3.05, 3.63) is 75.8 Å². The summed E-state index contributed by atoms with van der Waals surface area (Å²) in [7, 11) is 0. The molecule has 7 heteroatoms. The highest BCUT2D eigenvalue weighted by Crippen LogP contribution is 2.36. The van der Waals surface area contributed by atoms with E-state index >= 15 is 0 Å². The van der Waals surface area contributed by atoms with E-state index in [2.05, 4.69) is 58.0 Å². The summed E-state index contributed by atoms with van der Waals surface area (Å²) >= 11 is 7.59. The molecule has 0 unspecified atom stereocenters. The lowest BCUT2D eigenvalue weighted by Gasteiger charge is -2.22. The van der Waals surface area contributed by atoms with Gasteiger partial charge in [0, 0.05) is 6.54 Å². The molecule has 0 N–H and O–H groups in total. The predicted octanol–water partition coefficient (Wildman–Crippen LogP) is 5.18. The van der Waals surface area contributed by atoms with Gasteiger partial charge in [-0.3, -0.25) is 9.47 Å². The standard InChI is InChI=1S/C22H23N5S2/c1-16-24-27(22(28)26(16)14-17-8-3-2-4-9-17)15-25-13-7-11-19(25)21-23-18-10-5-6-12-20(18)29-21/h2-6,8-10,12,19H,7,11,13-15H2,1H3/t19-/m1/s1. The van der Waals surface area contributed by atoms with E-state index in [0.717, 1.165) is 35.6 Å². The van der Waals surface area contributed by atoms with E-state index in [1.54, 1.807) is 0 Å². The molecular weight excluding hydrogens is 398 g/mol. The van der Waals surface area contributed by atoms with Crippen LogP contribution in [0.15, 0.2) is 54.6 Å². The van der Waals surface area contributed by atoms with Gasteiger partial charge in [-0.2, -0.15) is 5.10 Å². The minimum Gasteiger partial charge on any atom is -0.300 e. The maximum absolute atomic E-state index is 5.78. The Morgan fingerprint density at radius 2 is 1.90 bits per heavy atom. The number of rotatable bonds is 5. The van der Waals surface area contributed by atoms with Crippen molar-refractivity contribution < 1.29 is 0 Å². The SMILES string of the molecule is Cc1nn(CN2CCC[C@@H]2c2nc3ccccc3s2)c(=S)n1Cc1ccccc1. The molecule has 148 valence electrons. The van der Waals surface area contributed by atoms with E-state index in [0.29, 0.717) is 12.7 Å². The molecule has 4 aromatic rings. The lowest BCUT2D eigenvalue weighted by atomic mass is 10.2. The van der Waals surface area contributed by atoms with E-state index in [4.69, 9.17) is 22.3 Å². The Hall–Kier alpha value is -2.35. The molecule has 0 aliphatic carbocycles. The van der Waals surface area contributed by atoms with Crippen LogP contribution in [0.3, 0.4) is 0 Å². The maximum Gasteiger partial charge on any atom is 0.199 e. The minimum absolute atomic E-state index is 0.342. The smallest absolute Gasteiger partial charge is 0.199 e. The van der Waals surface area contributed by atoms with E-state index in [1.165, 1.54) is 21.7 Å². The summed E-state index contributed by atoms with van der Waals surface area (Å²) in [5.74, 6) is 0.953. The molecule has 0 radical (unpaired) electrons. The van der Waals surface area contributed by atoms with Crippen LogP contribution >= 0.6 is 23.6 Å². The van der Waals surface area contributed by atoms with Crippen LogP contribution in [0.25, 0.3) is 10.2 Å². The van der Waals surface area contributed by atoms with Crippen LogP contribution in [0.1, 0.15) is 35.3 Å². The normalized spacial score (nSPS) is 17.3. The van der Waals surface area contributed by atoms with E-state index in [1.807, 2.05) is 29.0 Å². The fourth-order valence-corrected chi connectivity index (χ4v) is 5.50. The number of thiazole rings is 1. The third-order valence-electron chi connectivity index (χ3n) is 5.57. The zero-order chi connectivity index (χ0) is 19.8. The van der Waals surface area contributed by atoms with Gasteiger partial charge in [0.15, 0.2) is 4.77 Å². The van der Waals surface area contributed by atoms with Gasteiger partial charge in [0.25, 0.3) is 0 Å². The minimum atomic E-state index is 0.342. The number of aryl methyl sites for hydroxylation is 1. The number of hydrogen-bond donors (Lipinski definition) is 0. The number of hydrogen-bond acceptors (Lipinski definition) is 5. The van der Waals surface area contributed by atoms with Crippen molar-refractivity contribution in [2.45, 2.75) is 39.0 Å². The molecule has 2 aromatic carbocycles. The van der Waals surface area contributed by atoms with Crippen LogP contribution < -0.4 is 0 Å². The molecule has 0 saturated carbocycles. The first kappa shape index (κ1) is 18.7. The third-order valence-corrected chi connectivity index (χ3v) is 7.13. The third kappa shape index (κ3) is 3.66. The molecule has 1 atom stereocenters. The first-order valence-corrected chi connectivity index (χ1v) is 11.2. The monoisotopic (exact) mass is 421 g/mol. The Morgan fingerprint density at radius 3 is 2.72 bits per heavy atom. The summed E-state index contributed by atoms with van der Waals surface area (Å²) in [5, 5.41) is 5.96. The molecule has 5 nitrogen and oxygen atoms in total. The second-order valence-corrected chi connectivity index (χ2v) is 8.96. The molecule has 0 amide bonds. The van der Waals surface area contributed by atoms with Crippen molar-refractivity contribution >= 4 is 33.8 Å². The lowest BCUT2D eigenvalue weighted by Crippen LogP contribution is -2.27. The van der Waals surface area contributed by atoms with Crippen LogP contribution in [-0.2, 0) is 13.2 Å². The molecular formula is C22H23N5S2. The summed E-state index contributed by atoms with van der Waals surface area (Å²) in [6.07, 6.45) is 2.31. The average Bonchev–Trinajstić information content (AvgIpc) is 3.43. The van der Waals surface area contributed by atoms with Gasteiger partial charge < -0.3 is 0 Å². The summed E-state index contributed by atoms with van der Waals surface area (Å²) in [5.41, 5.74) is 2.33. The number of fused-ring (bicyclic) bond motifs is 1. The summed E-state index contributed by atoms with van der Waals surface area (Å²) < 4.78 is 6.13. The van der Waals surface area contributed by atoms with E-state index in [9.17, 15) is 0 Å². The molecule has 1 saturated heterocycles. The highest BCUT2D eigenvalue weighted by Gasteiger charge is 2.29. The largest absolute Gasteiger partial charge is 0.300 e. The molecule has 3 heterocycles. The van der Waals surface area contributed by atoms with Gasteiger partial charge in [0.05, 0.1) is 29.5 Å². The van der Waals surface area contributed by atoms with Crippen molar-refractivity contribution in [3.63, 3.8) is 0 Å². The second kappa shape index (κ2) is 7.82. The second-order valence-electron chi connectivity index (χ2n) is 7.53. The zero-order valence-corrected chi connectivity index (χ0v) is 18.0. The zero-order valence-electron chi connectivity index (χ0n) is 16.4. The van der Waals surface area contributed by atoms with Crippen molar-refractivity contribution in [3.8, 4) is 0 Å². The Kier molecular flexibility index (Phi) is 5.03. The maximum atomic E-state index is 5.78. The van der Waals surface area contributed by atoms with Crippen LogP contribution in [0.2, 0.25) is 0 Å². The summed E-state index contributed by atoms with van der Waals surface area (Å²) in [4.78, 5) is 7.37. The Morgan fingerprint density at radius 1 is 1.10 bits per heavy atom. The first-order valence-electron chi connectivity index (χ1n) is 9.97. The molecule has 2 aromatic heterocycles. The molecule has 5 rings (SSSR count). The highest BCUT2D eigenvalue weighted by atomic mass is 32.1. The van der Waals surface area contributed by atoms with Gasteiger partial charge in [-0.25, -0.2) is 9.67 Å². The van der Waals surface area contributed by atoms with Crippen molar-refractivity contribution in [1.29, 1.82) is 0 Å². The van der Waals surface area contributed by atoms with Gasteiger partial charge in [-0.05, 0) is 49.7 Å². The van der Waals surface area contributed by atoms with E-state index in [-0.39, 0.29) is 0 Å². The fourth-order valence-electron chi connectivity index (χ4n) is 4.07. The Balaban J connectivity index is 1.39. The summed E-state index contributed by atoms with van der Waals surface area (Å²) in [6, 6.07) is 19.1. The van der Waals surface area contributed by atoms with Crippen LogP contribution in [0.5, 0.6) is 0 Å². The van der Waals surface area contributed by atoms with Gasteiger partial charge >= 0.3 is 0 Å². The average molecular weight is 422 g/mol.